The Balaban J connectivity index is 1.51. The minimum Gasteiger partial charge on any atom is -0.337 e. The predicted molar refractivity (Wildman–Crippen MR) is 103 cm³/mol. The molecule has 3 atom stereocenters. The predicted octanol–water partition coefficient (Wildman–Crippen LogP) is 2.24. The number of imidazole rings is 1. The minimum atomic E-state index is -0.597. The monoisotopic (exact) mass is 404 g/mol. The molecule has 3 aromatic rings. The highest BCUT2D eigenvalue weighted by Crippen LogP contribution is 2.55. The number of nitrogens with zero attached hydrogens (tertiary/aromatic N) is 4. The SMILES string of the molecule is Cc1cc([C@H]2C[C@@H]2c2cc(C3CNC(=O)NC3=O)nn3ccnc23)cc(F)c1C#N. The van der Waals surface area contributed by atoms with E-state index in [-0.39, 0.29) is 23.9 Å². The van der Waals surface area contributed by atoms with Crippen molar-refractivity contribution in [1.82, 2.24) is 25.2 Å². The molecule has 1 saturated heterocycles. The van der Waals surface area contributed by atoms with Crippen molar-refractivity contribution in [1.29, 1.82) is 5.26 Å². The van der Waals surface area contributed by atoms with Crippen LogP contribution in [0.5, 0.6) is 0 Å². The van der Waals surface area contributed by atoms with Gasteiger partial charge in [0.05, 0.1) is 17.2 Å². The van der Waals surface area contributed by atoms with Gasteiger partial charge in [-0.15, -0.1) is 0 Å². The molecule has 1 saturated carbocycles. The van der Waals surface area contributed by atoms with Crippen LogP contribution in [0.1, 0.15) is 52.1 Å². The third-order valence-corrected chi connectivity index (χ3v) is 5.82. The lowest BCUT2D eigenvalue weighted by atomic mass is 9.97. The lowest BCUT2D eigenvalue weighted by Crippen LogP contribution is -2.51. The summed E-state index contributed by atoms with van der Waals surface area (Å²) in [5.74, 6) is -1.30. The van der Waals surface area contributed by atoms with E-state index < -0.39 is 23.7 Å². The Morgan fingerprint density at radius 1 is 1.27 bits per heavy atom. The maximum atomic E-state index is 14.3. The van der Waals surface area contributed by atoms with Gasteiger partial charge in [-0.05, 0) is 48.4 Å². The number of nitrogens with one attached hydrogen (secondary N) is 2. The average molecular weight is 404 g/mol. The number of aryl methyl sites for hydroxylation is 1. The third kappa shape index (κ3) is 2.88. The summed E-state index contributed by atoms with van der Waals surface area (Å²) in [5, 5.41) is 18.5. The van der Waals surface area contributed by atoms with Crippen molar-refractivity contribution in [3.63, 3.8) is 0 Å². The van der Waals surface area contributed by atoms with Gasteiger partial charge in [0.1, 0.15) is 11.9 Å². The molecule has 3 heterocycles. The number of halogens is 1. The zero-order valence-corrected chi connectivity index (χ0v) is 16.0. The number of amides is 3. The second-order valence-corrected chi connectivity index (χ2v) is 7.73. The summed E-state index contributed by atoms with van der Waals surface area (Å²) in [5.41, 5.74) is 3.71. The highest BCUT2D eigenvalue weighted by Gasteiger charge is 2.42. The number of imide groups is 1. The van der Waals surface area contributed by atoms with E-state index in [0.29, 0.717) is 16.9 Å². The molecule has 2 aliphatic rings. The van der Waals surface area contributed by atoms with Gasteiger partial charge in [0.2, 0.25) is 5.91 Å². The summed E-state index contributed by atoms with van der Waals surface area (Å²) in [6.45, 7) is 1.90. The van der Waals surface area contributed by atoms with Gasteiger partial charge in [0.25, 0.3) is 0 Å². The standard InChI is InChI=1S/C21H17FN6O2/c1-10-4-11(5-17(22)15(10)8-23)12-6-13(12)14-7-18(27-28-3-2-24-19(14)28)16-9-25-21(30)26-20(16)29/h2-5,7,12-13,16H,6,9H2,1H3,(H2,25,26,29,30)/t12-,13+,16?/m1/s1. The van der Waals surface area contributed by atoms with Gasteiger partial charge in [0.15, 0.2) is 5.65 Å². The van der Waals surface area contributed by atoms with Crippen LogP contribution in [0.4, 0.5) is 9.18 Å². The third-order valence-electron chi connectivity index (χ3n) is 5.82. The molecule has 9 heteroatoms. The smallest absolute Gasteiger partial charge is 0.321 e. The maximum Gasteiger partial charge on any atom is 0.321 e. The second kappa shape index (κ2) is 6.62. The second-order valence-electron chi connectivity index (χ2n) is 7.73. The zero-order valence-electron chi connectivity index (χ0n) is 16.0. The Labute approximate surface area is 170 Å². The summed E-state index contributed by atoms with van der Waals surface area (Å²) >= 11 is 0. The van der Waals surface area contributed by atoms with Crippen LogP contribution in [0, 0.1) is 24.1 Å². The lowest BCUT2D eigenvalue weighted by molar-refractivity contribution is -0.122. The highest BCUT2D eigenvalue weighted by molar-refractivity contribution is 6.00. The molecule has 1 aliphatic carbocycles. The van der Waals surface area contributed by atoms with Crippen molar-refractivity contribution in [2.45, 2.75) is 31.1 Å². The van der Waals surface area contributed by atoms with Gasteiger partial charge in [-0.1, -0.05) is 6.07 Å². The summed E-state index contributed by atoms with van der Waals surface area (Å²) < 4.78 is 15.9. The van der Waals surface area contributed by atoms with Crippen LogP contribution < -0.4 is 10.6 Å². The molecule has 2 aromatic heterocycles. The molecule has 5 rings (SSSR count). The van der Waals surface area contributed by atoms with Gasteiger partial charge in [-0.3, -0.25) is 10.1 Å². The molecule has 30 heavy (non-hydrogen) atoms. The molecule has 2 fully saturated rings. The molecular weight excluding hydrogens is 387 g/mol. The van der Waals surface area contributed by atoms with Gasteiger partial charge >= 0.3 is 6.03 Å². The van der Waals surface area contributed by atoms with E-state index in [9.17, 15) is 14.0 Å². The molecule has 1 aliphatic heterocycles. The van der Waals surface area contributed by atoms with Crippen LogP contribution in [0.15, 0.2) is 30.6 Å². The van der Waals surface area contributed by atoms with E-state index in [1.165, 1.54) is 6.07 Å². The zero-order chi connectivity index (χ0) is 21.0. The maximum absolute atomic E-state index is 14.3. The summed E-state index contributed by atoms with van der Waals surface area (Å²) in [6.07, 6.45) is 4.16. The van der Waals surface area contributed by atoms with Gasteiger partial charge in [-0.25, -0.2) is 18.7 Å². The average Bonchev–Trinajstić information content (AvgIpc) is 3.36. The van der Waals surface area contributed by atoms with Gasteiger partial charge < -0.3 is 5.32 Å². The summed E-state index contributed by atoms with van der Waals surface area (Å²) in [7, 11) is 0. The van der Waals surface area contributed by atoms with E-state index in [1.807, 2.05) is 18.2 Å². The molecule has 1 aromatic carbocycles. The lowest BCUT2D eigenvalue weighted by Gasteiger charge is -2.22. The summed E-state index contributed by atoms with van der Waals surface area (Å²) in [4.78, 5) is 28.1. The number of benzene rings is 1. The van der Waals surface area contributed by atoms with E-state index in [0.717, 1.165) is 17.5 Å². The summed E-state index contributed by atoms with van der Waals surface area (Å²) in [6, 6.07) is 6.55. The Hall–Kier alpha value is -3.80. The molecule has 3 amide bonds. The van der Waals surface area contributed by atoms with Crippen LogP contribution in [0.3, 0.4) is 0 Å². The largest absolute Gasteiger partial charge is 0.337 e. The normalized spacial score (nSPS) is 23.0. The molecule has 0 radical (unpaired) electrons. The molecule has 8 nitrogen and oxygen atoms in total. The number of hydrogen-bond donors (Lipinski definition) is 2. The van der Waals surface area contributed by atoms with Crippen LogP contribution in [-0.4, -0.2) is 33.1 Å². The first-order valence-corrected chi connectivity index (χ1v) is 9.59. The topological polar surface area (TPSA) is 112 Å². The highest BCUT2D eigenvalue weighted by atomic mass is 19.1. The molecular formula is C21H17FN6O2. The van der Waals surface area contributed by atoms with Crippen molar-refractivity contribution < 1.29 is 14.0 Å². The Morgan fingerprint density at radius 2 is 2.10 bits per heavy atom. The Kier molecular flexibility index (Phi) is 4.03. The van der Waals surface area contributed by atoms with Gasteiger partial charge in [0, 0.05) is 24.5 Å². The number of rotatable bonds is 3. The van der Waals surface area contributed by atoms with Crippen molar-refractivity contribution in [2.75, 3.05) is 6.54 Å². The number of hydrogen-bond acceptors (Lipinski definition) is 5. The van der Waals surface area contributed by atoms with E-state index >= 15 is 0 Å². The number of urea groups is 1. The number of aromatic nitrogens is 3. The van der Waals surface area contributed by atoms with Gasteiger partial charge in [-0.2, -0.15) is 10.4 Å². The van der Waals surface area contributed by atoms with Crippen LogP contribution in [-0.2, 0) is 4.79 Å². The van der Waals surface area contributed by atoms with E-state index in [1.54, 1.807) is 23.8 Å². The number of nitriles is 1. The van der Waals surface area contributed by atoms with E-state index in [2.05, 4.69) is 20.7 Å². The Morgan fingerprint density at radius 3 is 2.83 bits per heavy atom. The molecule has 2 N–H and O–H groups in total. The van der Waals surface area contributed by atoms with Crippen molar-refractivity contribution >= 4 is 17.6 Å². The van der Waals surface area contributed by atoms with Crippen LogP contribution >= 0.6 is 0 Å². The fourth-order valence-electron chi connectivity index (χ4n) is 4.21. The quantitative estimate of drug-likeness (QED) is 0.695. The Bertz CT molecular complexity index is 1240. The number of carbonyl (C=O) groups excluding carboxylic acids is 2. The first-order chi connectivity index (χ1) is 14.5. The van der Waals surface area contributed by atoms with Crippen molar-refractivity contribution in [3.05, 3.63) is 64.4 Å². The van der Waals surface area contributed by atoms with Crippen molar-refractivity contribution in [3.8, 4) is 6.07 Å². The molecule has 1 unspecified atom stereocenters. The fourth-order valence-corrected chi connectivity index (χ4v) is 4.21. The van der Waals surface area contributed by atoms with Crippen LogP contribution in [0.2, 0.25) is 0 Å². The molecule has 0 spiro atoms. The van der Waals surface area contributed by atoms with E-state index in [4.69, 9.17) is 5.26 Å². The van der Waals surface area contributed by atoms with Crippen molar-refractivity contribution in [2.24, 2.45) is 0 Å². The molecule has 0 bridgehead atoms. The number of fused-ring (bicyclic) bond motifs is 1. The fraction of sp³-hybridized carbons (Fsp3) is 0.286. The first kappa shape index (κ1) is 18.2. The first-order valence-electron chi connectivity index (χ1n) is 9.59. The van der Waals surface area contributed by atoms with Crippen LogP contribution in [0.25, 0.3) is 5.65 Å². The number of carbonyl (C=O) groups is 2. The molecule has 150 valence electrons. The minimum absolute atomic E-state index is 0.0724.